The van der Waals surface area contributed by atoms with Crippen LogP contribution in [0.4, 0.5) is 0 Å². The fraction of sp³-hybridized carbons (Fsp3) is 0.478. The van der Waals surface area contributed by atoms with Gasteiger partial charge in [-0.3, -0.25) is 4.90 Å². The largest absolute Gasteiger partial charge is 0.598 e. The minimum absolute atomic E-state index is 0.0689. The lowest BCUT2D eigenvalue weighted by Crippen LogP contribution is -2.48. The Kier molecular flexibility index (Phi) is 5.20. The summed E-state index contributed by atoms with van der Waals surface area (Å²) < 4.78 is 26.3. The average Bonchev–Trinajstić information content (AvgIpc) is 3.35. The van der Waals surface area contributed by atoms with Crippen LogP contribution >= 0.6 is 0 Å². The van der Waals surface area contributed by atoms with E-state index in [1.807, 2.05) is 30.5 Å². The van der Waals surface area contributed by atoms with Crippen molar-refractivity contribution in [3.63, 3.8) is 0 Å². The number of fused-ring (bicyclic) bond motifs is 1. The second-order valence-electron chi connectivity index (χ2n) is 8.42. The van der Waals surface area contributed by atoms with E-state index < -0.39 is 11.4 Å². The third-order valence-electron chi connectivity index (χ3n) is 6.52. The second-order valence-corrected chi connectivity index (χ2v) is 9.71. The summed E-state index contributed by atoms with van der Waals surface area (Å²) in [5.41, 5.74) is 2.58. The molecule has 2 fully saturated rings. The zero-order valence-corrected chi connectivity index (χ0v) is 17.7. The molecule has 2 saturated heterocycles. The van der Waals surface area contributed by atoms with Crippen LogP contribution in [0.2, 0.25) is 0 Å². The first kappa shape index (κ1) is 19.2. The summed E-state index contributed by atoms with van der Waals surface area (Å²) >= 11 is -0.872. The Morgan fingerprint density at radius 3 is 2.66 bits per heavy atom. The zero-order valence-electron chi connectivity index (χ0n) is 16.9. The Hall–Kier alpha value is -1.73. The van der Waals surface area contributed by atoms with E-state index in [9.17, 15) is 4.55 Å². The Labute approximate surface area is 175 Å². The molecule has 29 heavy (non-hydrogen) atoms. The summed E-state index contributed by atoms with van der Waals surface area (Å²) in [4.78, 5) is 2.51. The first-order valence-electron chi connectivity index (χ1n) is 10.4. The molecule has 1 spiro atoms. The van der Waals surface area contributed by atoms with Gasteiger partial charge in [0.1, 0.15) is 12.9 Å². The lowest BCUT2D eigenvalue weighted by molar-refractivity contribution is 0.0913. The Morgan fingerprint density at radius 1 is 1.07 bits per heavy atom. The van der Waals surface area contributed by atoms with Crippen LogP contribution in [-0.4, -0.2) is 51.8 Å². The molecule has 2 aromatic carbocycles. The number of rotatable bonds is 4. The summed E-state index contributed by atoms with van der Waals surface area (Å²) in [6, 6.07) is 16.5. The van der Waals surface area contributed by atoms with E-state index in [0.29, 0.717) is 6.61 Å². The van der Waals surface area contributed by atoms with Crippen LogP contribution in [0.1, 0.15) is 36.5 Å². The Bertz CT molecular complexity index is 859. The number of likely N-dealkylation sites (tertiary alicyclic amines) is 1. The minimum atomic E-state index is -0.872. The van der Waals surface area contributed by atoms with Gasteiger partial charge in [-0.05, 0) is 42.5 Å². The third kappa shape index (κ3) is 3.75. The number of para-hydroxylation sites is 2. The highest BCUT2D eigenvalue weighted by atomic mass is 32.2. The van der Waals surface area contributed by atoms with Crippen molar-refractivity contribution in [1.29, 1.82) is 0 Å². The van der Waals surface area contributed by atoms with Crippen LogP contribution in [0.25, 0.3) is 0 Å². The van der Waals surface area contributed by atoms with E-state index in [0.717, 1.165) is 56.1 Å². The highest BCUT2D eigenvalue weighted by Crippen LogP contribution is 2.40. The molecule has 3 atom stereocenters. The van der Waals surface area contributed by atoms with Crippen LogP contribution in [-0.2, 0) is 17.9 Å². The SMILES string of the molecule is C[S+]([O-])N1CCCC12CCN(Cc1ccc([C@H]3COc4ccccc4O3)cc1)C2. The number of hydrogen-bond acceptors (Lipinski definition) is 5. The van der Waals surface area contributed by atoms with Crippen molar-refractivity contribution in [2.45, 2.75) is 37.5 Å². The van der Waals surface area contributed by atoms with Crippen molar-refractivity contribution in [2.75, 3.05) is 32.5 Å². The van der Waals surface area contributed by atoms with E-state index in [-0.39, 0.29) is 11.6 Å². The quantitative estimate of drug-likeness (QED) is 0.719. The van der Waals surface area contributed by atoms with Gasteiger partial charge in [0.15, 0.2) is 17.6 Å². The summed E-state index contributed by atoms with van der Waals surface area (Å²) in [6.07, 6.45) is 5.21. The highest BCUT2D eigenvalue weighted by molar-refractivity contribution is 7.88. The molecular weight excluding hydrogens is 384 g/mol. The van der Waals surface area contributed by atoms with Crippen LogP contribution in [0.5, 0.6) is 11.5 Å². The molecule has 0 amide bonds. The van der Waals surface area contributed by atoms with Crippen molar-refractivity contribution >= 4 is 11.4 Å². The second kappa shape index (κ2) is 7.84. The molecule has 3 aliphatic rings. The molecule has 5 rings (SSSR count). The first-order valence-corrected chi connectivity index (χ1v) is 12.0. The molecule has 2 unspecified atom stereocenters. The van der Waals surface area contributed by atoms with Crippen molar-refractivity contribution in [3.8, 4) is 11.5 Å². The predicted octanol–water partition coefficient (Wildman–Crippen LogP) is 3.53. The minimum Gasteiger partial charge on any atom is -0.598 e. The maximum absolute atomic E-state index is 12.1. The monoisotopic (exact) mass is 412 g/mol. The Balaban J connectivity index is 1.22. The topological polar surface area (TPSA) is 48.0 Å². The molecule has 154 valence electrons. The standard InChI is InChI=1S/C23H28N2O3S/c1-29(26)25-13-4-11-23(25)12-14-24(17-23)15-18-7-9-19(10-8-18)22-16-27-20-5-2-3-6-21(20)28-22/h2-3,5-10,22H,4,11-17H2,1H3/t22-,23?,29?/m1/s1. The fourth-order valence-corrected chi connectivity index (χ4v) is 6.25. The third-order valence-corrected chi connectivity index (χ3v) is 7.71. The molecule has 0 aliphatic carbocycles. The molecule has 5 nitrogen and oxygen atoms in total. The molecule has 2 aromatic rings. The van der Waals surface area contributed by atoms with E-state index >= 15 is 0 Å². The van der Waals surface area contributed by atoms with Gasteiger partial charge in [0, 0.05) is 37.5 Å². The van der Waals surface area contributed by atoms with Gasteiger partial charge in [0.25, 0.3) is 0 Å². The first-order chi connectivity index (χ1) is 14.1. The van der Waals surface area contributed by atoms with Crippen LogP contribution in [0.3, 0.4) is 0 Å². The van der Waals surface area contributed by atoms with Crippen LogP contribution in [0.15, 0.2) is 48.5 Å². The summed E-state index contributed by atoms with van der Waals surface area (Å²) in [5.74, 6) is 1.63. The van der Waals surface area contributed by atoms with E-state index in [4.69, 9.17) is 9.47 Å². The van der Waals surface area contributed by atoms with Gasteiger partial charge in [-0.15, -0.1) is 4.31 Å². The van der Waals surface area contributed by atoms with Crippen molar-refractivity contribution < 1.29 is 14.0 Å². The van der Waals surface area contributed by atoms with Gasteiger partial charge >= 0.3 is 0 Å². The van der Waals surface area contributed by atoms with Gasteiger partial charge in [-0.1, -0.05) is 36.4 Å². The molecule has 0 N–H and O–H groups in total. The normalized spacial score (nSPS) is 28.1. The van der Waals surface area contributed by atoms with Crippen molar-refractivity contribution in [1.82, 2.24) is 9.21 Å². The fourth-order valence-electron chi connectivity index (χ4n) is 5.08. The van der Waals surface area contributed by atoms with Gasteiger partial charge < -0.3 is 14.0 Å². The van der Waals surface area contributed by atoms with Crippen LogP contribution in [0, 0.1) is 0 Å². The maximum atomic E-state index is 12.1. The molecular formula is C23H28N2O3S. The lowest BCUT2D eigenvalue weighted by atomic mass is 9.97. The maximum Gasteiger partial charge on any atom is 0.162 e. The summed E-state index contributed by atoms with van der Waals surface area (Å²) in [7, 11) is 0. The Morgan fingerprint density at radius 2 is 1.86 bits per heavy atom. The van der Waals surface area contributed by atoms with E-state index in [1.54, 1.807) is 0 Å². The summed E-state index contributed by atoms with van der Waals surface area (Å²) in [6.45, 7) is 4.54. The van der Waals surface area contributed by atoms with Gasteiger partial charge in [-0.25, -0.2) is 0 Å². The van der Waals surface area contributed by atoms with Gasteiger partial charge in [-0.2, -0.15) is 0 Å². The zero-order chi connectivity index (χ0) is 19.8. The highest BCUT2D eigenvalue weighted by Gasteiger charge is 2.50. The molecule has 3 aliphatic heterocycles. The van der Waals surface area contributed by atoms with Gasteiger partial charge in [0.2, 0.25) is 0 Å². The van der Waals surface area contributed by atoms with E-state index in [1.165, 1.54) is 12.0 Å². The molecule has 0 bridgehead atoms. The molecule has 0 saturated carbocycles. The molecule has 3 heterocycles. The number of benzene rings is 2. The van der Waals surface area contributed by atoms with E-state index in [2.05, 4.69) is 33.5 Å². The molecule has 0 radical (unpaired) electrons. The lowest BCUT2D eigenvalue weighted by Gasteiger charge is -2.33. The molecule has 0 aromatic heterocycles. The van der Waals surface area contributed by atoms with Crippen molar-refractivity contribution in [2.24, 2.45) is 0 Å². The van der Waals surface area contributed by atoms with Gasteiger partial charge in [0.05, 0.1) is 5.54 Å². The predicted molar refractivity (Wildman–Crippen MR) is 114 cm³/mol. The number of nitrogens with zero attached hydrogens (tertiary/aromatic N) is 2. The number of hydrogen-bond donors (Lipinski definition) is 0. The average molecular weight is 413 g/mol. The smallest absolute Gasteiger partial charge is 0.162 e. The van der Waals surface area contributed by atoms with Crippen molar-refractivity contribution in [3.05, 3.63) is 59.7 Å². The number of ether oxygens (including phenoxy) is 2. The molecule has 6 heteroatoms. The summed E-state index contributed by atoms with van der Waals surface area (Å²) in [5, 5.41) is 0. The van der Waals surface area contributed by atoms with Crippen LogP contribution < -0.4 is 9.47 Å².